The zero-order valence-corrected chi connectivity index (χ0v) is 15.6. The van der Waals surface area contributed by atoms with Crippen molar-refractivity contribution in [3.8, 4) is 0 Å². The number of likely N-dealkylation sites (tertiary alicyclic amines) is 1. The molecule has 0 aromatic carbocycles. The van der Waals surface area contributed by atoms with Gasteiger partial charge in [0.1, 0.15) is 5.52 Å². The minimum atomic E-state index is -2.67. The van der Waals surface area contributed by atoms with E-state index >= 15 is 0 Å². The highest BCUT2D eigenvalue weighted by Crippen LogP contribution is 2.40. The number of ether oxygens (including phenoxy) is 1. The molecule has 1 saturated carbocycles. The zero-order valence-electron chi connectivity index (χ0n) is 15.6. The average Bonchev–Trinajstić information content (AvgIpc) is 3.46. The molecule has 2 aromatic rings. The van der Waals surface area contributed by atoms with E-state index in [0.717, 1.165) is 17.0 Å². The number of hydrogen-bond donors (Lipinski definition) is 0. The molecule has 9 heteroatoms. The smallest absolute Gasteiger partial charge is 0.253 e. The largest absolute Gasteiger partial charge is 0.365 e. The molecule has 5 rings (SSSR count). The molecule has 0 bridgehead atoms. The minimum absolute atomic E-state index is 0.0763. The van der Waals surface area contributed by atoms with Crippen LogP contribution >= 0.6 is 0 Å². The van der Waals surface area contributed by atoms with Crippen LogP contribution in [-0.2, 0) is 9.53 Å². The Hall–Kier alpha value is -2.29. The summed E-state index contributed by atoms with van der Waals surface area (Å²) in [4.78, 5) is 20.9. The van der Waals surface area contributed by atoms with Crippen LogP contribution in [0.5, 0.6) is 0 Å². The van der Waals surface area contributed by atoms with Crippen molar-refractivity contribution in [2.45, 2.75) is 43.6 Å². The molecule has 28 heavy (non-hydrogen) atoms. The first-order valence-corrected chi connectivity index (χ1v) is 9.88. The molecule has 4 heterocycles. The number of alkyl halides is 2. The quantitative estimate of drug-likeness (QED) is 0.802. The Bertz CT molecular complexity index is 888. The summed E-state index contributed by atoms with van der Waals surface area (Å²) in [5.74, 6) is -1.55. The van der Waals surface area contributed by atoms with E-state index in [0.29, 0.717) is 25.6 Å². The fourth-order valence-electron chi connectivity index (χ4n) is 4.00. The van der Waals surface area contributed by atoms with Crippen molar-refractivity contribution >= 4 is 17.2 Å². The highest BCUT2D eigenvalue weighted by molar-refractivity contribution is 5.82. The van der Waals surface area contributed by atoms with Gasteiger partial charge in [-0.2, -0.15) is 5.10 Å². The second-order valence-electron chi connectivity index (χ2n) is 7.91. The van der Waals surface area contributed by atoms with Crippen molar-refractivity contribution in [3.05, 3.63) is 24.2 Å². The topological polar surface area (TPSA) is 63.0 Å². The van der Waals surface area contributed by atoms with Gasteiger partial charge in [0, 0.05) is 50.8 Å². The van der Waals surface area contributed by atoms with Gasteiger partial charge in [0.15, 0.2) is 11.9 Å². The monoisotopic (exact) mass is 391 g/mol. The molecular formula is C19H23F2N5O2. The SMILES string of the molecule is O=C(C1CN(c2nccn3nc(C4CC4)cc23)CCO1)N1CCC(F)(F)CC1. The van der Waals surface area contributed by atoms with Gasteiger partial charge in [-0.3, -0.25) is 4.79 Å². The number of morpholine rings is 1. The summed E-state index contributed by atoms with van der Waals surface area (Å²) >= 11 is 0. The lowest BCUT2D eigenvalue weighted by molar-refractivity contribution is -0.150. The summed E-state index contributed by atoms with van der Waals surface area (Å²) in [5, 5.41) is 4.64. The van der Waals surface area contributed by atoms with E-state index < -0.39 is 12.0 Å². The number of amides is 1. The number of halogens is 2. The van der Waals surface area contributed by atoms with Gasteiger partial charge in [-0.15, -0.1) is 0 Å². The fraction of sp³-hybridized carbons (Fsp3) is 0.632. The minimum Gasteiger partial charge on any atom is -0.365 e. The van der Waals surface area contributed by atoms with Crippen LogP contribution in [0.4, 0.5) is 14.6 Å². The Morgan fingerprint density at radius 1 is 1.21 bits per heavy atom. The van der Waals surface area contributed by atoms with Gasteiger partial charge in [-0.1, -0.05) is 0 Å². The molecule has 1 atom stereocenters. The standard InChI is InChI=1S/C19H23F2N5O2/c20-19(21)3-6-24(7-4-19)18(27)16-12-25(9-10-28-16)17-15-11-14(13-1-2-13)23-26(15)8-5-22-17/h5,8,11,13,16H,1-4,6-7,9-10,12H2. The van der Waals surface area contributed by atoms with Gasteiger partial charge in [0.2, 0.25) is 0 Å². The number of piperidine rings is 1. The molecule has 1 amide bonds. The highest BCUT2D eigenvalue weighted by atomic mass is 19.3. The third-order valence-corrected chi connectivity index (χ3v) is 5.83. The van der Waals surface area contributed by atoms with Gasteiger partial charge in [-0.05, 0) is 18.9 Å². The lowest BCUT2D eigenvalue weighted by atomic mass is 10.1. The Morgan fingerprint density at radius 3 is 2.75 bits per heavy atom. The number of anilines is 1. The van der Waals surface area contributed by atoms with E-state index in [1.54, 1.807) is 6.20 Å². The predicted molar refractivity (Wildman–Crippen MR) is 97.7 cm³/mol. The summed E-state index contributed by atoms with van der Waals surface area (Å²) in [7, 11) is 0. The van der Waals surface area contributed by atoms with E-state index in [1.807, 2.05) is 15.6 Å². The molecule has 2 aliphatic heterocycles. The van der Waals surface area contributed by atoms with Crippen LogP contribution in [0.3, 0.4) is 0 Å². The zero-order chi connectivity index (χ0) is 19.3. The van der Waals surface area contributed by atoms with Crippen molar-refractivity contribution in [1.82, 2.24) is 19.5 Å². The van der Waals surface area contributed by atoms with E-state index in [2.05, 4.69) is 16.1 Å². The predicted octanol–water partition coefficient (Wildman–Crippen LogP) is 2.07. The van der Waals surface area contributed by atoms with Crippen LogP contribution < -0.4 is 4.90 Å². The first-order chi connectivity index (χ1) is 13.5. The van der Waals surface area contributed by atoms with E-state index in [9.17, 15) is 13.6 Å². The normalized spacial score (nSPS) is 25.3. The number of nitrogens with zero attached hydrogens (tertiary/aromatic N) is 5. The molecule has 150 valence electrons. The first kappa shape index (κ1) is 17.8. The summed E-state index contributed by atoms with van der Waals surface area (Å²) in [6.07, 6.45) is 4.68. The molecule has 1 unspecified atom stereocenters. The number of carbonyl (C=O) groups excluding carboxylic acids is 1. The summed E-state index contributed by atoms with van der Waals surface area (Å²) in [6.45, 7) is 1.54. The van der Waals surface area contributed by atoms with Crippen molar-refractivity contribution in [2.75, 3.05) is 37.7 Å². The molecule has 7 nitrogen and oxygen atoms in total. The van der Waals surface area contributed by atoms with Gasteiger partial charge < -0.3 is 14.5 Å². The van der Waals surface area contributed by atoms with Gasteiger partial charge in [0.25, 0.3) is 11.8 Å². The second-order valence-corrected chi connectivity index (χ2v) is 7.91. The lowest BCUT2D eigenvalue weighted by Gasteiger charge is -2.38. The van der Waals surface area contributed by atoms with Crippen molar-refractivity contribution in [1.29, 1.82) is 0 Å². The third-order valence-electron chi connectivity index (χ3n) is 5.83. The molecule has 1 aliphatic carbocycles. The molecule has 0 radical (unpaired) electrons. The number of rotatable bonds is 3. The van der Waals surface area contributed by atoms with Crippen LogP contribution in [0, 0.1) is 0 Å². The summed E-state index contributed by atoms with van der Waals surface area (Å²) in [5.41, 5.74) is 2.01. The molecule has 3 fully saturated rings. The van der Waals surface area contributed by atoms with Gasteiger partial charge in [0.05, 0.1) is 18.8 Å². The first-order valence-electron chi connectivity index (χ1n) is 9.88. The number of hydrogen-bond acceptors (Lipinski definition) is 5. The average molecular weight is 391 g/mol. The van der Waals surface area contributed by atoms with Crippen LogP contribution in [0.1, 0.15) is 37.3 Å². The molecule has 2 saturated heterocycles. The summed E-state index contributed by atoms with van der Waals surface area (Å²) < 4.78 is 34.3. The van der Waals surface area contributed by atoms with Gasteiger partial charge in [-0.25, -0.2) is 18.3 Å². The van der Waals surface area contributed by atoms with Crippen LogP contribution in [0.2, 0.25) is 0 Å². The maximum Gasteiger partial charge on any atom is 0.253 e. The Balaban J connectivity index is 1.33. The van der Waals surface area contributed by atoms with Gasteiger partial charge >= 0.3 is 0 Å². The molecule has 0 spiro atoms. The van der Waals surface area contributed by atoms with Crippen molar-refractivity contribution in [2.24, 2.45) is 0 Å². The van der Waals surface area contributed by atoms with Crippen molar-refractivity contribution < 1.29 is 18.3 Å². The van der Waals surface area contributed by atoms with Crippen molar-refractivity contribution in [3.63, 3.8) is 0 Å². The molecule has 2 aromatic heterocycles. The van der Waals surface area contributed by atoms with E-state index in [1.165, 1.54) is 17.7 Å². The van der Waals surface area contributed by atoms with Crippen LogP contribution in [0.25, 0.3) is 5.52 Å². The Morgan fingerprint density at radius 2 is 2.00 bits per heavy atom. The summed E-state index contributed by atoms with van der Waals surface area (Å²) in [6, 6.07) is 2.08. The number of fused-ring (bicyclic) bond motifs is 1. The highest BCUT2D eigenvalue weighted by Gasteiger charge is 2.39. The maximum absolute atomic E-state index is 13.4. The fourth-order valence-corrected chi connectivity index (χ4v) is 4.00. The van der Waals surface area contributed by atoms with E-state index in [4.69, 9.17) is 4.74 Å². The van der Waals surface area contributed by atoms with Crippen LogP contribution in [-0.4, -0.2) is 70.2 Å². The number of carbonyl (C=O) groups is 1. The lowest BCUT2D eigenvalue weighted by Crippen LogP contribution is -2.53. The molecule has 0 N–H and O–H groups in total. The van der Waals surface area contributed by atoms with E-state index in [-0.39, 0.29) is 31.8 Å². The number of aromatic nitrogens is 3. The molecular weight excluding hydrogens is 368 g/mol. The third kappa shape index (κ3) is 3.32. The Labute approximate surface area is 161 Å². The molecule has 3 aliphatic rings. The maximum atomic E-state index is 13.4. The van der Waals surface area contributed by atoms with Crippen LogP contribution in [0.15, 0.2) is 18.5 Å². The second kappa shape index (κ2) is 6.65. The Kier molecular flexibility index (Phi) is 4.22.